The van der Waals surface area contributed by atoms with Crippen LogP contribution in [0.5, 0.6) is 0 Å². The molecule has 0 N–H and O–H groups in total. The zero-order chi connectivity index (χ0) is 34.2. The van der Waals surface area contributed by atoms with E-state index in [-0.39, 0.29) is 25.8 Å². The highest BCUT2D eigenvalue weighted by atomic mass is 31.2. The first-order valence-corrected chi connectivity index (χ1v) is 19.7. The van der Waals surface area contributed by atoms with Gasteiger partial charge < -0.3 is 27.9 Å². The van der Waals surface area contributed by atoms with Gasteiger partial charge in [-0.15, -0.1) is 0 Å². The molecule has 0 aliphatic carbocycles. The Hall–Kier alpha value is -1.28. The lowest BCUT2D eigenvalue weighted by atomic mass is 10.1. The minimum absolute atomic E-state index is 0.0225. The maximum atomic E-state index is 12.6. The van der Waals surface area contributed by atoms with Gasteiger partial charge in [-0.1, -0.05) is 121 Å². The van der Waals surface area contributed by atoms with E-state index in [0.717, 1.165) is 70.6 Å². The standard InChI is InChI=1S/C37H70NO7P/c1-6-8-10-12-14-16-17-18-19-20-21-22-24-26-28-30-37(39)45-36(35-44-46(40,41)43-33-31-38(3,4)5)34-42-32-29-27-25-23-15-13-11-9-7-2/h8,10,14,16,18-19,36H,6-7,9,11-13,15,17,20-35H2,1-5H3/b10-8-,16-14-,19-18-. The van der Waals surface area contributed by atoms with Gasteiger partial charge in [0.15, 0.2) is 0 Å². The van der Waals surface area contributed by atoms with Crippen LogP contribution in [0.3, 0.4) is 0 Å². The first-order valence-electron chi connectivity index (χ1n) is 18.2. The lowest BCUT2D eigenvalue weighted by Crippen LogP contribution is -2.37. The number of esters is 1. The molecule has 0 amide bonds. The second-order valence-electron chi connectivity index (χ2n) is 13.2. The number of nitrogens with zero attached hydrogens (tertiary/aromatic N) is 1. The number of unbranched alkanes of at least 4 members (excludes halogenated alkanes) is 13. The summed E-state index contributed by atoms with van der Waals surface area (Å²) in [7, 11) is 1.34. The van der Waals surface area contributed by atoms with E-state index in [0.29, 0.717) is 24.1 Å². The molecule has 270 valence electrons. The summed E-state index contributed by atoms with van der Waals surface area (Å²) in [5, 5.41) is 0. The Bertz CT molecular complexity index is 838. The average Bonchev–Trinajstić information content (AvgIpc) is 2.99. The molecular weight excluding hydrogens is 601 g/mol. The van der Waals surface area contributed by atoms with Crippen molar-refractivity contribution >= 4 is 13.8 Å². The molecule has 0 rings (SSSR count). The lowest BCUT2D eigenvalue weighted by molar-refractivity contribution is -0.870. The Labute approximate surface area is 283 Å². The molecule has 0 aromatic heterocycles. The number of allylic oxidation sites excluding steroid dienone is 6. The van der Waals surface area contributed by atoms with E-state index in [1.54, 1.807) is 0 Å². The number of phosphoric acid groups is 1. The molecule has 0 aromatic rings. The predicted molar refractivity (Wildman–Crippen MR) is 190 cm³/mol. The Morgan fingerprint density at radius 1 is 0.696 bits per heavy atom. The fraction of sp³-hybridized carbons (Fsp3) is 0.811. The van der Waals surface area contributed by atoms with Crippen LogP contribution in [0.2, 0.25) is 0 Å². The van der Waals surface area contributed by atoms with Gasteiger partial charge in [-0.25, -0.2) is 0 Å². The van der Waals surface area contributed by atoms with Crippen molar-refractivity contribution in [2.75, 3.05) is 54.1 Å². The minimum Gasteiger partial charge on any atom is -0.756 e. The van der Waals surface area contributed by atoms with Gasteiger partial charge in [0.25, 0.3) is 7.82 Å². The van der Waals surface area contributed by atoms with Gasteiger partial charge in [0.1, 0.15) is 19.3 Å². The molecule has 0 aliphatic heterocycles. The number of phosphoric ester groups is 1. The zero-order valence-corrected chi connectivity index (χ0v) is 31.2. The third kappa shape index (κ3) is 34.1. The monoisotopic (exact) mass is 671 g/mol. The van der Waals surface area contributed by atoms with Crippen molar-refractivity contribution in [3.8, 4) is 0 Å². The Kier molecular flexibility index (Phi) is 30.2. The molecule has 0 bridgehead atoms. The van der Waals surface area contributed by atoms with Crippen LogP contribution in [0.4, 0.5) is 0 Å². The summed E-state index contributed by atoms with van der Waals surface area (Å²) >= 11 is 0. The highest BCUT2D eigenvalue weighted by molar-refractivity contribution is 7.45. The molecule has 9 heteroatoms. The average molecular weight is 672 g/mol. The predicted octanol–water partition coefficient (Wildman–Crippen LogP) is 9.24. The summed E-state index contributed by atoms with van der Waals surface area (Å²) in [6.07, 6.45) is 32.9. The van der Waals surface area contributed by atoms with Gasteiger partial charge in [0.05, 0.1) is 34.4 Å². The summed E-state index contributed by atoms with van der Waals surface area (Å²) in [6.45, 7) is 5.24. The Morgan fingerprint density at radius 2 is 1.26 bits per heavy atom. The van der Waals surface area contributed by atoms with Crippen LogP contribution in [0.25, 0.3) is 0 Å². The molecule has 0 saturated carbocycles. The Morgan fingerprint density at radius 3 is 1.89 bits per heavy atom. The van der Waals surface area contributed by atoms with E-state index in [4.69, 9.17) is 18.5 Å². The van der Waals surface area contributed by atoms with E-state index in [1.807, 2.05) is 21.1 Å². The van der Waals surface area contributed by atoms with Gasteiger partial charge in [-0.2, -0.15) is 0 Å². The lowest BCUT2D eigenvalue weighted by Gasteiger charge is -2.28. The van der Waals surface area contributed by atoms with Gasteiger partial charge in [0.2, 0.25) is 0 Å². The third-order valence-electron chi connectivity index (χ3n) is 7.46. The molecular formula is C37H70NO7P. The van der Waals surface area contributed by atoms with Gasteiger partial charge in [-0.05, 0) is 44.9 Å². The quantitative estimate of drug-likeness (QED) is 0.0226. The van der Waals surface area contributed by atoms with Crippen LogP contribution in [0, 0.1) is 0 Å². The number of quaternary nitrogens is 1. The van der Waals surface area contributed by atoms with E-state index in [1.165, 1.54) is 44.9 Å². The summed E-state index contributed by atoms with van der Waals surface area (Å²) in [5.41, 5.74) is 0. The van der Waals surface area contributed by atoms with Crippen molar-refractivity contribution < 1.29 is 37.3 Å². The Balaban J connectivity index is 4.34. The zero-order valence-electron chi connectivity index (χ0n) is 30.3. The van der Waals surface area contributed by atoms with E-state index < -0.39 is 13.9 Å². The van der Waals surface area contributed by atoms with Crippen LogP contribution < -0.4 is 4.89 Å². The highest BCUT2D eigenvalue weighted by Gasteiger charge is 2.20. The van der Waals surface area contributed by atoms with E-state index in [2.05, 4.69) is 50.3 Å². The number of rotatable bonds is 33. The summed E-state index contributed by atoms with van der Waals surface area (Å²) in [6, 6.07) is 0. The molecule has 0 heterocycles. The SMILES string of the molecule is CC/C=C\C/C=C\C/C=C\CCCCCCCC(=O)OC(COCCCCCCCCCCC)COP(=O)([O-])OCC[N+](C)(C)C. The molecule has 0 aromatic carbocycles. The number of carbonyl (C=O) groups is 1. The van der Waals surface area contributed by atoms with Crippen molar-refractivity contribution in [1.82, 2.24) is 0 Å². The van der Waals surface area contributed by atoms with Crippen LogP contribution in [-0.4, -0.2) is 70.7 Å². The maximum absolute atomic E-state index is 12.6. The normalized spacial score (nSPS) is 14.5. The van der Waals surface area contributed by atoms with E-state index >= 15 is 0 Å². The largest absolute Gasteiger partial charge is 0.756 e. The topological polar surface area (TPSA) is 94.1 Å². The summed E-state index contributed by atoms with van der Waals surface area (Å²) in [4.78, 5) is 24.8. The first-order chi connectivity index (χ1) is 22.1. The second kappa shape index (κ2) is 31.0. The van der Waals surface area contributed by atoms with Gasteiger partial charge in [-0.3, -0.25) is 9.36 Å². The van der Waals surface area contributed by atoms with Crippen LogP contribution >= 0.6 is 7.82 Å². The van der Waals surface area contributed by atoms with E-state index in [9.17, 15) is 14.3 Å². The summed E-state index contributed by atoms with van der Waals surface area (Å²) < 4.78 is 34.3. The van der Waals surface area contributed by atoms with Crippen molar-refractivity contribution in [2.45, 2.75) is 142 Å². The number of carbonyl (C=O) groups excluding carboxylic acids is 1. The first kappa shape index (κ1) is 44.7. The summed E-state index contributed by atoms with van der Waals surface area (Å²) in [5.74, 6) is -0.354. The molecule has 0 radical (unpaired) electrons. The molecule has 0 saturated heterocycles. The van der Waals surface area contributed by atoms with Crippen molar-refractivity contribution in [3.63, 3.8) is 0 Å². The van der Waals surface area contributed by atoms with Gasteiger partial charge in [0, 0.05) is 13.0 Å². The number of hydrogen-bond acceptors (Lipinski definition) is 7. The molecule has 2 atom stereocenters. The molecule has 46 heavy (non-hydrogen) atoms. The molecule has 0 aliphatic rings. The maximum Gasteiger partial charge on any atom is 0.306 e. The molecule has 2 unspecified atom stereocenters. The smallest absolute Gasteiger partial charge is 0.306 e. The number of likely N-dealkylation sites (N-methyl/N-ethyl adjacent to an activating group) is 1. The molecule has 0 fully saturated rings. The van der Waals surface area contributed by atoms with Crippen molar-refractivity contribution in [2.24, 2.45) is 0 Å². The number of hydrogen-bond donors (Lipinski definition) is 0. The minimum atomic E-state index is -4.51. The van der Waals surface area contributed by atoms with Crippen LogP contribution in [-0.2, 0) is 27.9 Å². The second-order valence-corrected chi connectivity index (χ2v) is 14.6. The number of ether oxygens (including phenoxy) is 2. The van der Waals surface area contributed by atoms with Gasteiger partial charge >= 0.3 is 5.97 Å². The fourth-order valence-corrected chi connectivity index (χ4v) is 5.35. The van der Waals surface area contributed by atoms with Crippen molar-refractivity contribution in [1.29, 1.82) is 0 Å². The molecule has 8 nitrogen and oxygen atoms in total. The third-order valence-corrected chi connectivity index (χ3v) is 8.42. The van der Waals surface area contributed by atoms with Crippen LogP contribution in [0.15, 0.2) is 36.5 Å². The van der Waals surface area contributed by atoms with Crippen molar-refractivity contribution in [3.05, 3.63) is 36.5 Å². The molecule has 0 spiro atoms. The van der Waals surface area contributed by atoms with Crippen LogP contribution in [0.1, 0.15) is 136 Å². The fourth-order valence-electron chi connectivity index (χ4n) is 4.62. The highest BCUT2D eigenvalue weighted by Crippen LogP contribution is 2.38.